The molecule has 2 aromatic heterocycles. The number of aromatic nitrogens is 1. The zero-order valence-electron chi connectivity index (χ0n) is 7.45. The molecule has 1 aliphatic heterocycles. The highest BCUT2D eigenvalue weighted by atomic mass is 32.1. The van der Waals surface area contributed by atoms with Gasteiger partial charge in [-0.1, -0.05) is 12.2 Å². The SMILES string of the molecule is Nc1nc2sccc2c2c1C=CCN2. The molecule has 3 N–H and O–H groups in total. The van der Waals surface area contributed by atoms with Crippen LogP contribution >= 0.6 is 11.3 Å². The molecule has 3 nitrogen and oxygen atoms in total. The van der Waals surface area contributed by atoms with Crippen LogP contribution in [0, 0.1) is 0 Å². The van der Waals surface area contributed by atoms with Gasteiger partial charge in [0.15, 0.2) is 0 Å². The van der Waals surface area contributed by atoms with Crippen molar-refractivity contribution in [1.29, 1.82) is 0 Å². The van der Waals surface area contributed by atoms with Gasteiger partial charge in [0, 0.05) is 17.5 Å². The Labute approximate surface area is 85.3 Å². The van der Waals surface area contributed by atoms with Gasteiger partial charge in [-0.15, -0.1) is 11.3 Å². The van der Waals surface area contributed by atoms with E-state index in [0.717, 1.165) is 22.6 Å². The van der Waals surface area contributed by atoms with Gasteiger partial charge in [0.05, 0.1) is 5.69 Å². The largest absolute Gasteiger partial charge is 0.383 e. The summed E-state index contributed by atoms with van der Waals surface area (Å²) in [6, 6.07) is 2.08. The van der Waals surface area contributed by atoms with E-state index >= 15 is 0 Å². The summed E-state index contributed by atoms with van der Waals surface area (Å²) < 4.78 is 0. The third-order valence-corrected chi connectivity index (χ3v) is 3.17. The Bertz CT molecular complexity index is 527. The van der Waals surface area contributed by atoms with Crippen molar-refractivity contribution >= 4 is 39.1 Å². The number of nitrogens with zero attached hydrogens (tertiary/aromatic N) is 1. The van der Waals surface area contributed by atoms with E-state index in [0.29, 0.717) is 5.82 Å². The minimum absolute atomic E-state index is 0.610. The average molecular weight is 203 g/mol. The molecule has 0 atom stereocenters. The number of fused-ring (bicyclic) bond motifs is 3. The van der Waals surface area contributed by atoms with Crippen LogP contribution in [0.3, 0.4) is 0 Å². The second-order valence-electron chi connectivity index (χ2n) is 3.21. The molecule has 70 valence electrons. The second-order valence-corrected chi connectivity index (χ2v) is 4.10. The summed E-state index contributed by atoms with van der Waals surface area (Å²) in [4.78, 5) is 5.36. The lowest BCUT2D eigenvalue weighted by atomic mass is 10.1. The quantitative estimate of drug-likeness (QED) is 0.690. The van der Waals surface area contributed by atoms with Gasteiger partial charge in [-0.25, -0.2) is 4.98 Å². The van der Waals surface area contributed by atoms with Gasteiger partial charge in [0.25, 0.3) is 0 Å². The van der Waals surface area contributed by atoms with Gasteiger partial charge in [0.2, 0.25) is 0 Å². The molecule has 0 aliphatic carbocycles. The Balaban J connectivity index is 2.46. The van der Waals surface area contributed by atoms with Crippen molar-refractivity contribution in [2.45, 2.75) is 0 Å². The van der Waals surface area contributed by atoms with Gasteiger partial charge >= 0.3 is 0 Å². The first-order valence-electron chi connectivity index (χ1n) is 4.43. The predicted molar refractivity (Wildman–Crippen MR) is 61.6 cm³/mol. The van der Waals surface area contributed by atoms with Gasteiger partial charge in [-0.05, 0) is 11.4 Å². The van der Waals surface area contributed by atoms with Gasteiger partial charge in [0.1, 0.15) is 10.6 Å². The number of hydrogen-bond donors (Lipinski definition) is 2. The number of anilines is 2. The van der Waals surface area contributed by atoms with Crippen LogP contribution in [0.25, 0.3) is 16.3 Å². The summed E-state index contributed by atoms with van der Waals surface area (Å²) in [6.07, 6.45) is 4.09. The van der Waals surface area contributed by atoms with Crippen molar-refractivity contribution in [1.82, 2.24) is 4.98 Å². The van der Waals surface area contributed by atoms with Gasteiger partial charge < -0.3 is 11.1 Å². The first kappa shape index (κ1) is 7.82. The Kier molecular flexibility index (Phi) is 1.52. The molecule has 2 aromatic rings. The zero-order chi connectivity index (χ0) is 9.54. The minimum Gasteiger partial charge on any atom is -0.383 e. The fourth-order valence-corrected chi connectivity index (χ4v) is 2.50. The number of nitrogen functional groups attached to an aromatic ring is 1. The second kappa shape index (κ2) is 2.72. The fraction of sp³-hybridized carbons (Fsp3) is 0.100. The Morgan fingerprint density at radius 2 is 2.43 bits per heavy atom. The summed E-state index contributed by atoms with van der Waals surface area (Å²) in [5.74, 6) is 0.610. The Morgan fingerprint density at radius 3 is 3.36 bits per heavy atom. The van der Waals surface area contributed by atoms with E-state index in [-0.39, 0.29) is 0 Å². The summed E-state index contributed by atoms with van der Waals surface area (Å²) in [5.41, 5.74) is 8.01. The maximum absolute atomic E-state index is 5.87. The molecule has 14 heavy (non-hydrogen) atoms. The molecule has 0 radical (unpaired) electrons. The minimum atomic E-state index is 0.610. The first-order chi connectivity index (χ1) is 6.86. The first-order valence-corrected chi connectivity index (χ1v) is 5.31. The van der Waals surface area contributed by atoms with Crippen molar-refractivity contribution in [3.63, 3.8) is 0 Å². The van der Waals surface area contributed by atoms with Gasteiger partial charge in [-0.2, -0.15) is 0 Å². The van der Waals surface area contributed by atoms with Crippen LogP contribution in [0.1, 0.15) is 5.56 Å². The normalized spacial score (nSPS) is 14.0. The van der Waals surface area contributed by atoms with E-state index in [1.165, 1.54) is 5.39 Å². The number of nitrogens with two attached hydrogens (primary N) is 1. The molecule has 0 bridgehead atoms. The lowest BCUT2D eigenvalue weighted by Gasteiger charge is -2.15. The molecule has 0 aromatic carbocycles. The number of thiophene rings is 1. The van der Waals surface area contributed by atoms with Crippen molar-refractivity contribution < 1.29 is 0 Å². The highest BCUT2D eigenvalue weighted by Gasteiger charge is 2.13. The van der Waals surface area contributed by atoms with Crippen molar-refractivity contribution in [2.75, 3.05) is 17.6 Å². The van der Waals surface area contributed by atoms with E-state index in [9.17, 15) is 0 Å². The smallest absolute Gasteiger partial charge is 0.134 e. The van der Waals surface area contributed by atoms with E-state index < -0.39 is 0 Å². The van der Waals surface area contributed by atoms with Crippen LogP contribution in [0.2, 0.25) is 0 Å². The van der Waals surface area contributed by atoms with E-state index in [2.05, 4.69) is 22.4 Å². The van der Waals surface area contributed by atoms with Crippen LogP contribution in [-0.4, -0.2) is 11.5 Å². The maximum atomic E-state index is 5.87. The predicted octanol–water partition coefficient (Wildman–Crippen LogP) is 2.32. The fourth-order valence-electron chi connectivity index (χ4n) is 1.72. The van der Waals surface area contributed by atoms with Crippen LogP contribution in [-0.2, 0) is 0 Å². The van der Waals surface area contributed by atoms with Crippen molar-refractivity contribution in [3.05, 3.63) is 23.1 Å². The molecule has 0 saturated heterocycles. The van der Waals surface area contributed by atoms with Crippen molar-refractivity contribution in [2.24, 2.45) is 0 Å². The highest BCUT2D eigenvalue weighted by Crippen LogP contribution is 2.34. The van der Waals surface area contributed by atoms with Gasteiger partial charge in [-0.3, -0.25) is 0 Å². The monoisotopic (exact) mass is 203 g/mol. The maximum Gasteiger partial charge on any atom is 0.134 e. The number of nitrogens with one attached hydrogen (secondary N) is 1. The van der Waals surface area contributed by atoms with Crippen LogP contribution in [0.15, 0.2) is 17.5 Å². The Hall–Kier alpha value is -1.55. The lowest BCUT2D eigenvalue weighted by Crippen LogP contribution is -2.07. The molecule has 0 spiro atoms. The summed E-state index contributed by atoms with van der Waals surface area (Å²) in [7, 11) is 0. The molecular weight excluding hydrogens is 194 g/mol. The number of pyridine rings is 1. The molecule has 0 unspecified atom stereocenters. The standard InChI is InChI=1S/C10H9N3S/c11-9-6-2-1-4-12-8(6)7-3-5-14-10(7)13-9/h1-3,5,12H,4H2,(H2,11,13). The van der Waals surface area contributed by atoms with E-state index in [1.54, 1.807) is 11.3 Å². The summed E-state index contributed by atoms with van der Waals surface area (Å²) in [5, 5.41) is 6.54. The molecule has 3 heterocycles. The lowest BCUT2D eigenvalue weighted by molar-refractivity contribution is 1.30. The zero-order valence-corrected chi connectivity index (χ0v) is 8.27. The third-order valence-electron chi connectivity index (χ3n) is 2.36. The topological polar surface area (TPSA) is 50.9 Å². The highest BCUT2D eigenvalue weighted by molar-refractivity contribution is 7.16. The number of hydrogen-bond acceptors (Lipinski definition) is 4. The molecule has 3 rings (SSSR count). The van der Waals surface area contributed by atoms with Crippen LogP contribution in [0.4, 0.5) is 11.5 Å². The molecule has 0 saturated carbocycles. The van der Waals surface area contributed by atoms with E-state index in [4.69, 9.17) is 5.73 Å². The molecule has 4 heteroatoms. The van der Waals surface area contributed by atoms with Crippen molar-refractivity contribution in [3.8, 4) is 0 Å². The average Bonchev–Trinajstić information content (AvgIpc) is 2.66. The molecule has 1 aliphatic rings. The van der Waals surface area contributed by atoms with Crippen LogP contribution < -0.4 is 11.1 Å². The third kappa shape index (κ3) is 0.943. The van der Waals surface area contributed by atoms with Crippen LogP contribution in [0.5, 0.6) is 0 Å². The van der Waals surface area contributed by atoms with E-state index in [1.807, 2.05) is 11.5 Å². The summed E-state index contributed by atoms with van der Waals surface area (Å²) in [6.45, 7) is 0.862. The summed E-state index contributed by atoms with van der Waals surface area (Å²) >= 11 is 1.62. The molecular formula is C10H9N3S. The molecule has 0 amide bonds. The Morgan fingerprint density at radius 1 is 1.50 bits per heavy atom. The molecule has 0 fully saturated rings. The number of rotatable bonds is 0.